The molecule has 1 heterocycles. The number of aromatic nitrogens is 1. The summed E-state index contributed by atoms with van der Waals surface area (Å²) in [4.78, 5) is 16.6. The largest absolute Gasteiger partial charge is 0.491 e. The van der Waals surface area contributed by atoms with E-state index >= 15 is 0 Å². The second kappa shape index (κ2) is 7.06. The molecule has 5 nitrogen and oxygen atoms in total. The first-order valence-corrected chi connectivity index (χ1v) is 7.37. The zero-order valence-corrected chi connectivity index (χ0v) is 12.7. The van der Waals surface area contributed by atoms with E-state index in [2.05, 4.69) is 10.3 Å². The van der Waals surface area contributed by atoms with Crippen molar-refractivity contribution in [3.8, 4) is 5.75 Å². The molecule has 24 heavy (non-hydrogen) atoms. The number of amides is 1. The van der Waals surface area contributed by atoms with Crippen molar-refractivity contribution in [1.82, 2.24) is 4.98 Å². The van der Waals surface area contributed by atoms with Gasteiger partial charge in [-0.3, -0.25) is 9.78 Å². The molecular formula is C18H15FN2O3. The Hall–Kier alpha value is -2.99. The van der Waals surface area contributed by atoms with Crippen molar-refractivity contribution in [2.75, 3.05) is 18.5 Å². The van der Waals surface area contributed by atoms with Crippen LogP contribution in [0.15, 0.2) is 54.7 Å². The molecule has 0 saturated carbocycles. The predicted molar refractivity (Wildman–Crippen MR) is 88.7 cm³/mol. The molecule has 0 aliphatic heterocycles. The van der Waals surface area contributed by atoms with Crippen LogP contribution in [0.4, 0.5) is 10.1 Å². The van der Waals surface area contributed by atoms with E-state index in [0.29, 0.717) is 22.3 Å². The van der Waals surface area contributed by atoms with E-state index in [1.807, 2.05) is 0 Å². The fraction of sp³-hybridized carbons (Fsp3) is 0.111. The van der Waals surface area contributed by atoms with Gasteiger partial charge in [0.1, 0.15) is 18.2 Å². The summed E-state index contributed by atoms with van der Waals surface area (Å²) in [7, 11) is 0. The van der Waals surface area contributed by atoms with E-state index in [1.54, 1.807) is 42.6 Å². The van der Waals surface area contributed by atoms with Gasteiger partial charge in [0, 0.05) is 17.3 Å². The lowest BCUT2D eigenvalue weighted by Gasteiger charge is -2.09. The molecule has 3 rings (SSSR count). The third-order valence-corrected chi connectivity index (χ3v) is 3.39. The zero-order chi connectivity index (χ0) is 16.9. The number of benzene rings is 2. The van der Waals surface area contributed by atoms with E-state index in [-0.39, 0.29) is 18.8 Å². The Morgan fingerprint density at radius 2 is 2.00 bits per heavy atom. The summed E-state index contributed by atoms with van der Waals surface area (Å²) >= 11 is 0. The first-order chi connectivity index (χ1) is 11.7. The van der Waals surface area contributed by atoms with E-state index in [4.69, 9.17) is 9.84 Å². The maximum atomic E-state index is 13.7. The minimum Gasteiger partial charge on any atom is -0.491 e. The Morgan fingerprint density at radius 3 is 2.75 bits per heavy atom. The Balaban J connectivity index is 1.82. The third kappa shape index (κ3) is 3.49. The van der Waals surface area contributed by atoms with Gasteiger partial charge in [0.25, 0.3) is 5.91 Å². The van der Waals surface area contributed by atoms with Gasteiger partial charge >= 0.3 is 0 Å². The minimum absolute atomic E-state index is 0.0713. The van der Waals surface area contributed by atoms with E-state index in [9.17, 15) is 9.18 Å². The van der Waals surface area contributed by atoms with Gasteiger partial charge in [0.05, 0.1) is 17.7 Å². The molecule has 6 heteroatoms. The number of hydrogen-bond donors (Lipinski definition) is 2. The zero-order valence-electron chi connectivity index (χ0n) is 12.7. The average Bonchev–Trinajstić information content (AvgIpc) is 2.60. The molecular weight excluding hydrogens is 311 g/mol. The fourth-order valence-corrected chi connectivity index (χ4v) is 2.33. The van der Waals surface area contributed by atoms with Crippen LogP contribution >= 0.6 is 0 Å². The summed E-state index contributed by atoms with van der Waals surface area (Å²) in [5.74, 6) is -0.351. The van der Waals surface area contributed by atoms with Gasteiger partial charge in [-0.1, -0.05) is 6.07 Å². The molecule has 0 fully saturated rings. The van der Waals surface area contributed by atoms with Crippen molar-refractivity contribution in [2.24, 2.45) is 0 Å². The number of fused-ring (bicyclic) bond motifs is 1. The van der Waals surface area contributed by atoms with Gasteiger partial charge < -0.3 is 15.2 Å². The second-order valence-corrected chi connectivity index (χ2v) is 5.08. The standard InChI is InChI=1S/C18H15FN2O3/c19-13-10-12-2-1-7-20-17(12)16(11-13)18(23)21-14-3-5-15(6-4-14)24-9-8-22/h1-7,10-11,22H,8-9H2,(H,21,23). The van der Waals surface area contributed by atoms with Crippen LogP contribution in [0.2, 0.25) is 0 Å². The van der Waals surface area contributed by atoms with Crippen molar-refractivity contribution >= 4 is 22.5 Å². The number of ether oxygens (including phenoxy) is 1. The lowest BCUT2D eigenvalue weighted by molar-refractivity contribution is 0.102. The highest BCUT2D eigenvalue weighted by molar-refractivity contribution is 6.11. The highest BCUT2D eigenvalue weighted by Gasteiger charge is 2.13. The number of carbonyl (C=O) groups excluding carboxylic acids is 1. The van der Waals surface area contributed by atoms with Crippen LogP contribution in [0, 0.1) is 5.82 Å². The van der Waals surface area contributed by atoms with Crippen LogP contribution in [-0.2, 0) is 0 Å². The van der Waals surface area contributed by atoms with Crippen molar-refractivity contribution in [2.45, 2.75) is 0 Å². The molecule has 0 aliphatic carbocycles. The number of rotatable bonds is 5. The summed E-state index contributed by atoms with van der Waals surface area (Å²) < 4.78 is 19.0. The summed E-state index contributed by atoms with van der Waals surface area (Å²) in [6.07, 6.45) is 1.56. The van der Waals surface area contributed by atoms with Gasteiger partial charge in [-0.05, 0) is 42.5 Å². The summed E-state index contributed by atoms with van der Waals surface area (Å²) in [6, 6.07) is 12.6. The Bertz CT molecular complexity index is 866. The van der Waals surface area contributed by atoms with Crippen molar-refractivity contribution < 1.29 is 19.0 Å². The highest BCUT2D eigenvalue weighted by atomic mass is 19.1. The molecule has 0 aliphatic rings. The van der Waals surface area contributed by atoms with Crippen LogP contribution < -0.4 is 10.1 Å². The molecule has 0 spiro atoms. The fourth-order valence-electron chi connectivity index (χ4n) is 2.33. The minimum atomic E-state index is -0.492. The Labute approximate surface area is 137 Å². The first-order valence-electron chi connectivity index (χ1n) is 7.37. The van der Waals surface area contributed by atoms with Crippen LogP contribution in [0.25, 0.3) is 10.9 Å². The lowest BCUT2D eigenvalue weighted by atomic mass is 10.1. The summed E-state index contributed by atoms with van der Waals surface area (Å²) in [6.45, 7) is 0.130. The molecule has 0 radical (unpaired) electrons. The van der Waals surface area contributed by atoms with Crippen LogP contribution in [0.5, 0.6) is 5.75 Å². The number of anilines is 1. The number of nitrogens with zero attached hydrogens (tertiary/aromatic N) is 1. The van der Waals surface area contributed by atoms with Crippen molar-refractivity contribution in [3.05, 3.63) is 66.1 Å². The van der Waals surface area contributed by atoms with Crippen LogP contribution in [0.3, 0.4) is 0 Å². The molecule has 2 N–H and O–H groups in total. The molecule has 1 amide bonds. The van der Waals surface area contributed by atoms with E-state index in [1.165, 1.54) is 12.1 Å². The molecule has 0 saturated heterocycles. The number of hydrogen-bond acceptors (Lipinski definition) is 4. The third-order valence-electron chi connectivity index (χ3n) is 3.39. The maximum absolute atomic E-state index is 13.7. The van der Waals surface area contributed by atoms with Gasteiger partial charge in [0.15, 0.2) is 0 Å². The lowest BCUT2D eigenvalue weighted by Crippen LogP contribution is -2.13. The molecule has 3 aromatic rings. The molecule has 2 aromatic carbocycles. The van der Waals surface area contributed by atoms with Gasteiger partial charge in [-0.25, -0.2) is 4.39 Å². The second-order valence-electron chi connectivity index (χ2n) is 5.08. The monoisotopic (exact) mass is 326 g/mol. The normalized spacial score (nSPS) is 10.6. The van der Waals surface area contributed by atoms with Crippen molar-refractivity contribution in [1.29, 1.82) is 0 Å². The number of halogens is 1. The van der Waals surface area contributed by atoms with Gasteiger partial charge in [0.2, 0.25) is 0 Å². The smallest absolute Gasteiger partial charge is 0.257 e. The van der Waals surface area contributed by atoms with Crippen LogP contribution in [-0.4, -0.2) is 29.2 Å². The first kappa shape index (κ1) is 15.9. The summed E-state index contributed by atoms with van der Waals surface area (Å²) in [5.41, 5.74) is 1.16. The molecule has 0 bridgehead atoms. The molecule has 0 atom stereocenters. The number of nitrogens with one attached hydrogen (secondary N) is 1. The highest BCUT2D eigenvalue weighted by Crippen LogP contribution is 2.21. The Kier molecular flexibility index (Phi) is 4.67. The molecule has 0 unspecified atom stereocenters. The number of aliphatic hydroxyl groups is 1. The molecule has 122 valence electrons. The SMILES string of the molecule is O=C(Nc1ccc(OCCO)cc1)c1cc(F)cc2cccnc12. The predicted octanol–water partition coefficient (Wildman–Crippen LogP) is 3.00. The van der Waals surface area contributed by atoms with Crippen LogP contribution in [0.1, 0.15) is 10.4 Å². The number of pyridine rings is 1. The van der Waals surface area contributed by atoms with Crippen molar-refractivity contribution in [3.63, 3.8) is 0 Å². The Morgan fingerprint density at radius 1 is 1.21 bits per heavy atom. The number of aliphatic hydroxyl groups excluding tert-OH is 1. The topological polar surface area (TPSA) is 71.5 Å². The van der Waals surface area contributed by atoms with Gasteiger partial charge in [-0.15, -0.1) is 0 Å². The summed E-state index contributed by atoms with van der Waals surface area (Å²) in [5, 5.41) is 12.0. The maximum Gasteiger partial charge on any atom is 0.257 e. The number of carbonyl (C=O) groups is 1. The van der Waals surface area contributed by atoms with E-state index < -0.39 is 11.7 Å². The average molecular weight is 326 g/mol. The quantitative estimate of drug-likeness (QED) is 0.756. The van der Waals surface area contributed by atoms with E-state index in [0.717, 1.165) is 0 Å². The molecule has 1 aromatic heterocycles. The van der Waals surface area contributed by atoms with Gasteiger partial charge in [-0.2, -0.15) is 0 Å².